The molecule has 0 N–H and O–H groups in total. The van der Waals surface area contributed by atoms with Gasteiger partial charge in [0.2, 0.25) is 0 Å². The van der Waals surface area contributed by atoms with Crippen molar-refractivity contribution in [3.05, 3.63) is 10.4 Å². The number of azide groups is 1. The maximum absolute atomic E-state index is 8.63. The summed E-state index contributed by atoms with van der Waals surface area (Å²) >= 11 is 0. The largest absolute Gasteiger partial charge is 0.378 e. The Balaban J connectivity index is 2.42. The van der Waals surface area contributed by atoms with E-state index < -0.39 is 0 Å². The average Bonchev–Trinajstić information content (AvgIpc) is 2.88. The molecule has 1 fully saturated rings. The third-order valence-corrected chi connectivity index (χ3v) is 4.32. The Morgan fingerprint density at radius 1 is 1.18 bits per heavy atom. The summed E-state index contributed by atoms with van der Waals surface area (Å²) in [6.07, 6.45) is 8.91. The summed E-state index contributed by atoms with van der Waals surface area (Å²) in [7, 11) is 0. The first-order valence-corrected chi connectivity index (χ1v) is 8.76. The van der Waals surface area contributed by atoms with Crippen LogP contribution in [0.1, 0.15) is 72.6 Å². The zero-order valence-electron chi connectivity index (χ0n) is 14.8. The molecule has 0 aliphatic carbocycles. The molecule has 1 aliphatic rings. The number of unbranched alkanes of at least 4 members (excludes halogenated alkanes) is 5. The molecule has 1 aliphatic heterocycles. The highest BCUT2D eigenvalue weighted by atomic mass is 16.6. The summed E-state index contributed by atoms with van der Waals surface area (Å²) in [5.74, 6) is 0. The molecule has 5 nitrogen and oxygen atoms in total. The smallest absolute Gasteiger partial charge is 0.0919 e. The summed E-state index contributed by atoms with van der Waals surface area (Å²) in [5.41, 5.74) is 8.72. The van der Waals surface area contributed by atoms with E-state index in [0.29, 0.717) is 13.2 Å². The molecule has 0 saturated carbocycles. The number of rotatable bonds is 10. The van der Waals surface area contributed by atoms with Crippen molar-refractivity contribution < 1.29 is 9.47 Å². The predicted molar refractivity (Wildman–Crippen MR) is 89.9 cm³/mol. The fourth-order valence-electron chi connectivity index (χ4n) is 2.85. The highest BCUT2D eigenvalue weighted by Gasteiger charge is 2.34. The number of hydrogen-bond acceptors (Lipinski definition) is 3. The van der Waals surface area contributed by atoms with E-state index in [4.69, 9.17) is 15.0 Å². The molecular formula is C17H33N3O2. The van der Waals surface area contributed by atoms with Gasteiger partial charge < -0.3 is 9.47 Å². The Labute approximate surface area is 135 Å². The molecule has 1 rings (SSSR count). The van der Waals surface area contributed by atoms with Crippen molar-refractivity contribution in [2.75, 3.05) is 13.2 Å². The molecule has 0 aromatic rings. The molecule has 22 heavy (non-hydrogen) atoms. The summed E-state index contributed by atoms with van der Waals surface area (Å²) in [4.78, 5) is 2.91. The molecule has 0 radical (unpaired) electrons. The molecule has 0 aromatic carbocycles. The average molecular weight is 311 g/mol. The number of nitrogens with zero attached hydrogens (tertiary/aromatic N) is 3. The van der Waals surface area contributed by atoms with Crippen LogP contribution >= 0.6 is 0 Å². The van der Waals surface area contributed by atoms with E-state index in [1.54, 1.807) is 0 Å². The van der Waals surface area contributed by atoms with Crippen molar-refractivity contribution in [3.63, 3.8) is 0 Å². The van der Waals surface area contributed by atoms with Gasteiger partial charge in [-0.25, -0.2) is 0 Å². The van der Waals surface area contributed by atoms with E-state index >= 15 is 0 Å². The molecule has 0 aromatic heterocycles. The Kier molecular flexibility index (Phi) is 8.84. The summed E-state index contributed by atoms with van der Waals surface area (Å²) in [6, 6.07) is -0.181. The van der Waals surface area contributed by atoms with Gasteiger partial charge in [-0.05, 0) is 17.4 Å². The number of hydrogen-bond donors (Lipinski definition) is 0. The van der Waals surface area contributed by atoms with E-state index in [1.807, 2.05) is 0 Å². The summed E-state index contributed by atoms with van der Waals surface area (Å²) in [6.45, 7) is 9.90. The topological polar surface area (TPSA) is 67.2 Å². The fourth-order valence-corrected chi connectivity index (χ4v) is 2.85. The molecule has 0 bridgehead atoms. The van der Waals surface area contributed by atoms with Crippen LogP contribution in [-0.2, 0) is 9.47 Å². The van der Waals surface area contributed by atoms with E-state index in [2.05, 4.69) is 37.7 Å². The van der Waals surface area contributed by atoms with Gasteiger partial charge in [-0.1, -0.05) is 71.3 Å². The standard InChI is InChI=1S/C17H33N3O2/c1-5-6-7-8-9-10-11-16(17(2,3)4)22-15-13-21-12-14(15)19-20-18/h14-16H,5-13H2,1-4H3/t14-,15-,16?/m0/s1. The Morgan fingerprint density at radius 3 is 2.50 bits per heavy atom. The molecule has 128 valence electrons. The second kappa shape index (κ2) is 10.1. The molecule has 1 unspecified atom stereocenters. The van der Waals surface area contributed by atoms with Crippen molar-refractivity contribution in [1.82, 2.24) is 0 Å². The van der Waals surface area contributed by atoms with Crippen molar-refractivity contribution in [2.24, 2.45) is 10.5 Å². The van der Waals surface area contributed by atoms with Crippen LogP contribution in [0.2, 0.25) is 0 Å². The van der Waals surface area contributed by atoms with Gasteiger partial charge in [-0.2, -0.15) is 0 Å². The lowest BCUT2D eigenvalue weighted by molar-refractivity contribution is -0.0753. The molecule has 1 saturated heterocycles. The third-order valence-electron chi connectivity index (χ3n) is 4.32. The lowest BCUT2D eigenvalue weighted by Gasteiger charge is -2.33. The van der Waals surface area contributed by atoms with Gasteiger partial charge in [0.25, 0.3) is 0 Å². The SMILES string of the molecule is CCCCCCCCC(O[C@H]1COC[C@@H]1N=[N+]=[N-])C(C)(C)C. The van der Waals surface area contributed by atoms with Crippen LogP contribution in [0.25, 0.3) is 10.4 Å². The van der Waals surface area contributed by atoms with Crippen LogP contribution in [0.3, 0.4) is 0 Å². The van der Waals surface area contributed by atoms with Crippen LogP contribution in [-0.4, -0.2) is 31.5 Å². The van der Waals surface area contributed by atoms with Gasteiger partial charge in [0.15, 0.2) is 0 Å². The van der Waals surface area contributed by atoms with Crippen LogP contribution < -0.4 is 0 Å². The molecule has 1 heterocycles. The maximum atomic E-state index is 8.63. The molecule has 3 atom stereocenters. The lowest BCUT2D eigenvalue weighted by Crippen LogP contribution is -2.37. The Hall–Kier alpha value is -0.770. The van der Waals surface area contributed by atoms with Crippen LogP contribution in [0, 0.1) is 5.41 Å². The zero-order chi connectivity index (χ0) is 16.4. The zero-order valence-corrected chi connectivity index (χ0v) is 14.8. The van der Waals surface area contributed by atoms with E-state index in [0.717, 1.165) is 6.42 Å². The Bertz CT molecular complexity index is 348. The predicted octanol–water partition coefficient (Wildman–Crippen LogP) is 5.25. The van der Waals surface area contributed by atoms with E-state index in [1.165, 1.54) is 38.5 Å². The minimum absolute atomic E-state index is 0.0902. The molecule has 5 heteroatoms. The summed E-state index contributed by atoms with van der Waals surface area (Å²) < 4.78 is 11.7. The first kappa shape index (κ1) is 19.3. The Morgan fingerprint density at radius 2 is 1.86 bits per heavy atom. The van der Waals surface area contributed by atoms with Crippen molar-refractivity contribution in [3.8, 4) is 0 Å². The minimum atomic E-state index is -0.181. The van der Waals surface area contributed by atoms with E-state index in [-0.39, 0.29) is 23.7 Å². The maximum Gasteiger partial charge on any atom is 0.0919 e. The monoisotopic (exact) mass is 311 g/mol. The quantitative estimate of drug-likeness (QED) is 0.239. The lowest BCUT2D eigenvalue weighted by atomic mass is 9.85. The van der Waals surface area contributed by atoms with Crippen LogP contribution in [0.15, 0.2) is 5.11 Å². The number of ether oxygens (including phenoxy) is 2. The van der Waals surface area contributed by atoms with Gasteiger partial charge >= 0.3 is 0 Å². The third kappa shape index (κ3) is 6.99. The first-order valence-electron chi connectivity index (χ1n) is 8.76. The van der Waals surface area contributed by atoms with Crippen molar-refractivity contribution in [2.45, 2.75) is 90.9 Å². The normalized spacial score (nSPS) is 23.3. The second-order valence-electron chi connectivity index (χ2n) is 7.40. The summed E-state index contributed by atoms with van der Waals surface area (Å²) in [5, 5.41) is 3.80. The highest BCUT2D eigenvalue weighted by molar-refractivity contribution is 4.86. The highest BCUT2D eigenvalue weighted by Crippen LogP contribution is 2.30. The minimum Gasteiger partial charge on any atom is -0.378 e. The van der Waals surface area contributed by atoms with Gasteiger partial charge in [0.05, 0.1) is 31.5 Å². The van der Waals surface area contributed by atoms with Gasteiger partial charge in [-0.15, -0.1) is 0 Å². The molecule has 0 amide bonds. The van der Waals surface area contributed by atoms with Crippen LogP contribution in [0.5, 0.6) is 0 Å². The second-order valence-corrected chi connectivity index (χ2v) is 7.40. The van der Waals surface area contributed by atoms with Gasteiger partial charge in [-0.3, -0.25) is 0 Å². The van der Waals surface area contributed by atoms with E-state index in [9.17, 15) is 0 Å². The van der Waals surface area contributed by atoms with Gasteiger partial charge in [0, 0.05) is 4.91 Å². The molecule has 0 spiro atoms. The first-order chi connectivity index (χ1) is 10.5. The molecular weight excluding hydrogens is 278 g/mol. The van der Waals surface area contributed by atoms with Crippen molar-refractivity contribution >= 4 is 0 Å². The van der Waals surface area contributed by atoms with Crippen LogP contribution in [0.4, 0.5) is 0 Å². The van der Waals surface area contributed by atoms with Gasteiger partial charge in [0.1, 0.15) is 0 Å². The van der Waals surface area contributed by atoms with Crippen molar-refractivity contribution in [1.29, 1.82) is 0 Å². The fraction of sp³-hybridized carbons (Fsp3) is 1.00.